The van der Waals surface area contributed by atoms with Gasteiger partial charge in [0.15, 0.2) is 0 Å². The van der Waals surface area contributed by atoms with Gasteiger partial charge in [-0.2, -0.15) is 0 Å². The van der Waals surface area contributed by atoms with Gasteiger partial charge in [-0.15, -0.1) is 12.4 Å². The smallest absolute Gasteiger partial charge is 0.225 e. The van der Waals surface area contributed by atoms with E-state index < -0.39 is 0 Å². The number of carbonyl (C=O) groups is 1. The lowest BCUT2D eigenvalue weighted by molar-refractivity contribution is -0.135. The SMILES string of the molecule is Cc1cccc(OCCN(C)C(=O)[C@@H]2CCC[C@@H]2CN)c1.Cl. The summed E-state index contributed by atoms with van der Waals surface area (Å²) >= 11 is 0. The maximum atomic E-state index is 12.4. The molecule has 1 aliphatic rings. The van der Waals surface area contributed by atoms with Crippen LogP contribution in [-0.4, -0.2) is 37.6 Å². The van der Waals surface area contributed by atoms with Gasteiger partial charge in [0.2, 0.25) is 5.91 Å². The standard InChI is InChI=1S/C17H26N2O2.ClH/c1-13-5-3-7-15(11-13)21-10-9-19(2)17(20)16-8-4-6-14(16)12-18;/h3,5,7,11,14,16H,4,6,8-10,12,18H2,1-2H3;1H/t14-,16-;/m1./s1. The minimum atomic E-state index is 0. The van der Waals surface area contributed by atoms with Crippen molar-refractivity contribution >= 4 is 18.3 Å². The fourth-order valence-electron chi connectivity index (χ4n) is 3.04. The number of hydrogen-bond acceptors (Lipinski definition) is 3. The Morgan fingerprint density at radius 2 is 2.18 bits per heavy atom. The summed E-state index contributed by atoms with van der Waals surface area (Å²) in [5, 5.41) is 0. The second kappa shape index (κ2) is 9.01. The van der Waals surface area contributed by atoms with Gasteiger partial charge in [-0.3, -0.25) is 4.79 Å². The van der Waals surface area contributed by atoms with Crippen LogP contribution in [0.5, 0.6) is 5.75 Å². The Hall–Kier alpha value is -1.26. The molecular formula is C17H27ClN2O2. The molecule has 2 N–H and O–H groups in total. The van der Waals surface area contributed by atoms with Crippen molar-refractivity contribution < 1.29 is 9.53 Å². The van der Waals surface area contributed by atoms with Crippen LogP contribution in [0.1, 0.15) is 24.8 Å². The molecule has 0 aromatic heterocycles. The van der Waals surface area contributed by atoms with Gasteiger partial charge in [0, 0.05) is 13.0 Å². The average molecular weight is 327 g/mol. The summed E-state index contributed by atoms with van der Waals surface area (Å²) in [4.78, 5) is 14.2. The van der Waals surface area contributed by atoms with Crippen LogP contribution in [0.15, 0.2) is 24.3 Å². The van der Waals surface area contributed by atoms with Gasteiger partial charge in [0.25, 0.3) is 0 Å². The zero-order chi connectivity index (χ0) is 15.2. The van der Waals surface area contributed by atoms with Crippen LogP contribution in [0.25, 0.3) is 0 Å². The number of likely N-dealkylation sites (N-methyl/N-ethyl adjacent to an activating group) is 1. The topological polar surface area (TPSA) is 55.6 Å². The molecule has 124 valence electrons. The third-order valence-corrected chi connectivity index (χ3v) is 4.34. The van der Waals surface area contributed by atoms with Crippen molar-refractivity contribution in [3.63, 3.8) is 0 Å². The van der Waals surface area contributed by atoms with Gasteiger partial charge >= 0.3 is 0 Å². The van der Waals surface area contributed by atoms with Crippen LogP contribution >= 0.6 is 12.4 Å². The van der Waals surface area contributed by atoms with E-state index in [1.807, 2.05) is 38.2 Å². The summed E-state index contributed by atoms with van der Waals surface area (Å²) in [5.41, 5.74) is 6.93. The Kier molecular flexibility index (Phi) is 7.69. The van der Waals surface area contributed by atoms with Crippen LogP contribution in [0.2, 0.25) is 0 Å². The second-order valence-electron chi connectivity index (χ2n) is 5.96. The van der Waals surface area contributed by atoms with E-state index in [2.05, 4.69) is 0 Å². The minimum Gasteiger partial charge on any atom is -0.492 e. The fraction of sp³-hybridized carbons (Fsp3) is 0.588. The molecule has 5 heteroatoms. The Balaban J connectivity index is 0.00000242. The third-order valence-electron chi connectivity index (χ3n) is 4.34. The van der Waals surface area contributed by atoms with Gasteiger partial charge in [-0.05, 0) is 49.9 Å². The Morgan fingerprint density at radius 1 is 1.41 bits per heavy atom. The molecule has 0 radical (unpaired) electrons. The van der Waals surface area contributed by atoms with Crippen molar-refractivity contribution in [2.24, 2.45) is 17.6 Å². The molecule has 0 spiro atoms. The highest BCUT2D eigenvalue weighted by molar-refractivity contribution is 5.85. The van der Waals surface area contributed by atoms with Gasteiger partial charge in [-0.1, -0.05) is 18.6 Å². The molecule has 1 aromatic carbocycles. The zero-order valence-electron chi connectivity index (χ0n) is 13.5. The van der Waals surface area contributed by atoms with Gasteiger partial charge in [0.1, 0.15) is 12.4 Å². The summed E-state index contributed by atoms with van der Waals surface area (Å²) in [6.45, 7) is 3.78. The number of carbonyl (C=O) groups excluding carboxylic acids is 1. The highest BCUT2D eigenvalue weighted by atomic mass is 35.5. The van der Waals surface area contributed by atoms with Crippen LogP contribution in [0.4, 0.5) is 0 Å². The molecule has 0 bridgehead atoms. The predicted molar refractivity (Wildman–Crippen MR) is 91.4 cm³/mol. The molecule has 4 nitrogen and oxygen atoms in total. The average Bonchev–Trinajstić information content (AvgIpc) is 2.94. The van der Waals surface area contributed by atoms with E-state index in [9.17, 15) is 4.79 Å². The molecule has 22 heavy (non-hydrogen) atoms. The first kappa shape index (κ1) is 18.8. The summed E-state index contributed by atoms with van der Waals surface area (Å²) in [6.07, 6.45) is 3.18. The summed E-state index contributed by atoms with van der Waals surface area (Å²) in [7, 11) is 1.85. The van der Waals surface area contributed by atoms with Gasteiger partial charge in [0.05, 0.1) is 6.54 Å². The van der Waals surface area contributed by atoms with Gasteiger partial charge < -0.3 is 15.4 Å². The van der Waals surface area contributed by atoms with Gasteiger partial charge in [-0.25, -0.2) is 0 Å². The highest BCUT2D eigenvalue weighted by Crippen LogP contribution is 2.32. The number of benzene rings is 1. The molecule has 0 unspecified atom stereocenters. The molecule has 1 aliphatic carbocycles. The molecule has 1 saturated carbocycles. The Bertz CT molecular complexity index is 481. The van der Waals surface area contributed by atoms with E-state index in [1.165, 1.54) is 5.56 Å². The van der Waals surface area contributed by atoms with E-state index in [4.69, 9.17) is 10.5 Å². The quantitative estimate of drug-likeness (QED) is 0.874. The summed E-state index contributed by atoms with van der Waals surface area (Å²) in [5.74, 6) is 1.55. The molecule has 2 rings (SSSR count). The van der Waals surface area contributed by atoms with E-state index in [0.717, 1.165) is 25.0 Å². The Morgan fingerprint density at radius 3 is 2.86 bits per heavy atom. The number of ether oxygens (including phenoxy) is 1. The van der Waals surface area contributed by atoms with Crippen LogP contribution in [-0.2, 0) is 4.79 Å². The third kappa shape index (κ3) is 4.89. The van der Waals surface area contributed by atoms with Crippen molar-refractivity contribution in [1.82, 2.24) is 4.90 Å². The first-order valence-electron chi connectivity index (χ1n) is 7.76. The minimum absolute atomic E-state index is 0. The Labute approximate surface area is 139 Å². The lowest BCUT2D eigenvalue weighted by Crippen LogP contribution is -2.38. The molecular weight excluding hydrogens is 300 g/mol. The number of nitrogens with zero attached hydrogens (tertiary/aromatic N) is 1. The first-order valence-corrected chi connectivity index (χ1v) is 7.76. The number of hydrogen-bond donors (Lipinski definition) is 1. The number of rotatable bonds is 6. The zero-order valence-corrected chi connectivity index (χ0v) is 14.3. The molecule has 1 fully saturated rings. The molecule has 1 amide bonds. The van der Waals surface area contributed by atoms with Crippen LogP contribution in [0, 0.1) is 18.8 Å². The maximum Gasteiger partial charge on any atom is 0.225 e. The number of halogens is 1. The molecule has 0 saturated heterocycles. The fourth-order valence-corrected chi connectivity index (χ4v) is 3.04. The van der Waals surface area contributed by atoms with Crippen molar-refractivity contribution in [3.8, 4) is 5.75 Å². The second-order valence-corrected chi connectivity index (χ2v) is 5.96. The highest BCUT2D eigenvalue weighted by Gasteiger charge is 2.33. The van der Waals surface area contributed by atoms with Crippen LogP contribution in [0.3, 0.4) is 0 Å². The first-order chi connectivity index (χ1) is 10.1. The van der Waals surface area contributed by atoms with Crippen molar-refractivity contribution in [2.75, 3.05) is 26.7 Å². The maximum absolute atomic E-state index is 12.4. The lowest BCUT2D eigenvalue weighted by Gasteiger charge is -2.24. The molecule has 1 aromatic rings. The van der Waals surface area contributed by atoms with Crippen molar-refractivity contribution in [1.29, 1.82) is 0 Å². The number of nitrogens with two attached hydrogens (primary N) is 1. The van der Waals surface area contributed by atoms with E-state index in [-0.39, 0.29) is 24.2 Å². The van der Waals surface area contributed by atoms with Crippen molar-refractivity contribution in [3.05, 3.63) is 29.8 Å². The van der Waals surface area contributed by atoms with E-state index in [0.29, 0.717) is 25.6 Å². The lowest BCUT2D eigenvalue weighted by atomic mass is 9.95. The largest absolute Gasteiger partial charge is 0.492 e. The molecule has 2 atom stereocenters. The monoisotopic (exact) mass is 326 g/mol. The van der Waals surface area contributed by atoms with E-state index >= 15 is 0 Å². The number of aryl methyl sites for hydroxylation is 1. The predicted octanol–water partition coefficient (Wildman–Crippen LogP) is 2.63. The number of amides is 1. The summed E-state index contributed by atoms with van der Waals surface area (Å²) in [6, 6.07) is 7.96. The molecule has 0 heterocycles. The van der Waals surface area contributed by atoms with E-state index in [1.54, 1.807) is 4.90 Å². The molecule has 0 aliphatic heterocycles. The van der Waals surface area contributed by atoms with Crippen LogP contribution < -0.4 is 10.5 Å². The normalized spacial score (nSPS) is 20.3. The summed E-state index contributed by atoms with van der Waals surface area (Å²) < 4.78 is 5.70. The van der Waals surface area contributed by atoms with Crippen molar-refractivity contribution in [2.45, 2.75) is 26.2 Å².